The molecule has 0 saturated carbocycles. The molecular weight excluding hydrogens is 447 g/mol. The lowest BCUT2D eigenvalue weighted by molar-refractivity contribution is -0.121. The molecular formula is C25H18Cl2N2O3. The number of fused-ring (bicyclic) bond motifs is 1. The van der Waals surface area contributed by atoms with Crippen LogP contribution in [0.15, 0.2) is 77.2 Å². The summed E-state index contributed by atoms with van der Waals surface area (Å²) in [6.45, 7) is 1.71. The van der Waals surface area contributed by atoms with E-state index in [9.17, 15) is 9.59 Å². The van der Waals surface area contributed by atoms with Gasteiger partial charge in [0, 0.05) is 27.4 Å². The highest BCUT2D eigenvalue weighted by molar-refractivity contribution is 6.35. The van der Waals surface area contributed by atoms with E-state index in [0.717, 1.165) is 32.8 Å². The summed E-state index contributed by atoms with van der Waals surface area (Å²) >= 11 is 12.1. The monoisotopic (exact) mass is 464 g/mol. The first-order valence-electron chi connectivity index (χ1n) is 10.0. The molecule has 1 atom stereocenters. The van der Waals surface area contributed by atoms with Crippen LogP contribution in [0.25, 0.3) is 22.3 Å². The van der Waals surface area contributed by atoms with Gasteiger partial charge in [-0.15, -0.1) is 0 Å². The van der Waals surface area contributed by atoms with Gasteiger partial charge in [-0.2, -0.15) is 0 Å². The van der Waals surface area contributed by atoms with Crippen molar-refractivity contribution in [3.8, 4) is 11.3 Å². The third kappa shape index (κ3) is 3.64. The predicted octanol–water partition coefficient (Wildman–Crippen LogP) is 6.46. The average molecular weight is 465 g/mol. The van der Waals surface area contributed by atoms with E-state index in [-0.39, 0.29) is 5.91 Å². The zero-order valence-electron chi connectivity index (χ0n) is 17.1. The Hall–Kier alpha value is -3.28. The van der Waals surface area contributed by atoms with Crippen molar-refractivity contribution in [3.63, 3.8) is 0 Å². The molecule has 5 rings (SSSR count). The molecule has 1 aliphatic rings. The van der Waals surface area contributed by atoms with Crippen LogP contribution in [-0.4, -0.2) is 17.5 Å². The maximum Gasteiger partial charge on any atom is 0.329 e. The van der Waals surface area contributed by atoms with Crippen molar-refractivity contribution in [2.75, 3.05) is 4.90 Å². The number of rotatable bonds is 4. The molecule has 1 saturated heterocycles. The Morgan fingerprint density at radius 3 is 2.31 bits per heavy atom. The van der Waals surface area contributed by atoms with E-state index >= 15 is 0 Å². The van der Waals surface area contributed by atoms with Crippen molar-refractivity contribution in [1.29, 1.82) is 0 Å². The zero-order chi connectivity index (χ0) is 22.5. The summed E-state index contributed by atoms with van der Waals surface area (Å²) in [7, 11) is 0. The largest absolute Gasteiger partial charge is 0.456 e. The summed E-state index contributed by atoms with van der Waals surface area (Å²) in [5.41, 5.74) is 1.93. The van der Waals surface area contributed by atoms with Crippen LogP contribution in [-0.2, 0) is 11.2 Å². The van der Waals surface area contributed by atoms with E-state index < -0.39 is 11.6 Å². The number of nitrogens with one attached hydrogen (secondary N) is 1. The van der Waals surface area contributed by atoms with Crippen molar-refractivity contribution in [3.05, 3.63) is 88.4 Å². The number of furan rings is 1. The Kier molecular flexibility index (Phi) is 4.96. The number of para-hydroxylation sites is 1. The lowest BCUT2D eigenvalue weighted by atomic mass is 9.92. The quantitative estimate of drug-likeness (QED) is 0.352. The number of benzene rings is 3. The number of anilines is 1. The normalized spacial score (nSPS) is 18.4. The first-order chi connectivity index (χ1) is 15.3. The molecule has 1 unspecified atom stereocenters. The molecule has 5 nitrogen and oxygen atoms in total. The molecule has 2 heterocycles. The van der Waals surface area contributed by atoms with Crippen LogP contribution >= 0.6 is 23.2 Å². The lowest BCUT2D eigenvalue weighted by Gasteiger charge is -2.22. The second-order valence-corrected chi connectivity index (χ2v) is 8.93. The molecule has 0 spiro atoms. The smallest absolute Gasteiger partial charge is 0.329 e. The molecule has 160 valence electrons. The Balaban J connectivity index is 1.38. The maximum atomic E-state index is 13.2. The van der Waals surface area contributed by atoms with E-state index in [2.05, 4.69) is 5.32 Å². The van der Waals surface area contributed by atoms with Crippen molar-refractivity contribution >= 4 is 51.8 Å². The predicted molar refractivity (Wildman–Crippen MR) is 126 cm³/mol. The molecule has 0 aliphatic carbocycles. The SMILES string of the molecule is CC1(Cc2ccc(-c3cc4ccccc4o3)cc2)NC(=O)N(c2cc(Cl)cc(Cl)c2)C1=O. The molecule has 3 amide bonds. The first kappa shape index (κ1) is 20.6. The highest BCUT2D eigenvalue weighted by Gasteiger charge is 2.48. The van der Waals surface area contributed by atoms with Gasteiger partial charge in [0.2, 0.25) is 0 Å². The summed E-state index contributed by atoms with van der Waals surface area (Å²) in [4.78, 5) is 26.9. The number of hydrogen-bond acceptors (Lipinski definition) is 3. The second-order valence-electron chi connectivity index (χ2n) is 8.05. The number of carbonyl (C=O) groups is 2. The van der Waals surface area contributed by atoms with Crippen LogP contribution in [0.2, 0.25) is 10.0 Å². The van der Waals surface area contributed by atoms with Crippen molar-refractivity contribution in [2.24, 2.45) is 0 Å². The van der Waals surface area contributed by atoms with Crippen molar-refractivity contribution < 1.29 is 14.0 Å². The maximum absolute atomic E-state index is 13.2. The fourth-order valence-electron chi connectivity index (χ4n) is 4.03. The highest BCUT2D eigenvalue weighted by atomic mass is 35.5. The molecule has 1 N–H and O–H groups in total. The molecule has 1 aromatic heterocycles. The van der Waals surface area contributed by atoms with Crippen molar-refractivity contribution in [1.82, 2.24) is 5.32 Å². The minimum Gasteiger partial charge on any atom is -0.456 e. The Labute approximate surface area is 194 Å². The van der Waals surface area contributed by atoms with Crippen LogP contribution in [0, 0.1) is 0 Å². The Morgan fingerprint density at radius 1 is 0.938 bits per heavy atom. The van der Waals surface area contributed by atoms with Gasteiger partial charge in [0.05, 0.1) is 5.69 Å². The van der Waals surface area contributed by atoms with E-state index in [4.69, 9.17) is 27.6 Å². The van der Waals surface area contributed by atoms with Gasteiger partial charge in [-0.05, 0) is 42.8 Å². The molecule has 3 aromatic carbocycles. The molecule has 4 aromatic rings. The van der Waals surface area contributed by atoms with Gasteiger partial charge in [0.1, 0.15) is 16.9 Å². The number of amides is 3. The van der Waals surface area contributed by atoms with Crippen molar-refractivity contribution in [2.45, 2.75) is 18.9 Å². The molecule has 0 bridgehead atoms. The molecule has 7 heteroatoms. The first-order valence-corrected chi connectivity index (χ1v) is 10.8. The fourth-order valence-corrected chi connectivity index (χ4v) is 4.54. The molecule has 32 heavy (non-hydrogen) atoms. The third-order valence-corrected chi connectivity index (χ3v) is 6.02. The zero-order valence-corrected chi connectivity index (χ0v) is 18.6. The summed E-state index contributed by atoms with van der Waals surface area (Å²) in [6, 6.07) is 21.7. The van der Waals surface area contributed by atoms with Gasteiger partial charge in [0.25, 0.3) is 5.91 Å². The summed E-state index contributed by atoms with van der Waals surface area (Å²) < 4.78 is 5.92. The number of halogens is 2. The lowest BCUT2D eigenvalue weighted by Crippen LogP contribution is -2.46. The minimum absolute atomic E-state index is 0.336. The van der Waals surface area contributed by atoms with E-state index in [1.807, 2.05) is 54.6 Å². The molecule has 1 aliphatic heterocycles. The number of hydrogen-bond donors (Lipinski definition) is 1. The van der Waals surface area contributed by atoms with Gasteiger partial charge in [0.15, 0.2) is 0 Å². The Bertz CT molecular complexity index is 1310. The highest BCUT2D eigenvalue weighted by Crippen LogP contribution is 2.32. The van der Waals surface area contributed by atoms with Gasteiger partial charge >= 0.3 is 6.03 Å². The summed E-state index contributed by atoms with van der Waals surface area (Å²) in [5.74, 6) is 0.417. The van der Waals surface area contributed by atoms with Crippen LogP contribution < -0.4 is 10.2 Å². The number of nitrogens with zero attached hydrogens (tertiary/aromatic N) is 1. The van der Waals surface area contributed by atoms with Crippen LogP contribution in [0.1, 0.15) is 12.5 Å². The summed E-state index contributed by atoms with van der Waals surface area (Å²) in [5, 5.41) is 4.55. The topological polar surface area (TPSA) is 62.6 Å². The van der Waals surface area contributed by atoms with E-state index in [1.165, 1.54) is 0 Å². The standard InChI is InChI=1S/C25H18Cl2N2O3/c1-25(23(30)29(24(31)28-25)20-12-18(26)11-19(27)13-20)14-15-6-8-16(9-7-15)22-10-17-4-2-3-5-21(17)32-22/h2-13H,14H2,1H3,(H,28,31). The van der Waals surface area contributed by atoms with Gasteiger partial charge in [-0.25, -0.2) is 9.69 Å². The number of carbonyl (C=O) groups excluding carboxylic acids is 2. The minimum atomic E-state index is -1.09. The van der Waals surface area contributed by atoms with Crippen LogP contribution in [0.5, 0.6) is 0 Å². The molecule has 1 fully saturated rings. The number of urea groups is 1. The van der Waals surface area contributed by atoms with Gasteiger partial charge in [-0.3, -0.25) is 4.79 Å². The average Bonchev–Trinajstić information content (AvgIpc) is 3.26. The number of imide groups is 1. The van der Waals surface area contributed by atoms with Crippen LogP contribution in [0.3, 0.4) is 0 Å². The Morgan fingerprint density at radius 2 is 1.62 bits per heavy atom. The van der Waals surface area contributed by atoms with E-state index in [1.54, 1.807) is 25.1 Å². The summed E-state index contributed by atoms with van der Waals surface area (Å²) in [6.07, 6.45) is 0.336. The van der Waals surface area contributed by atoms with Gasteiger partial charge in [-0.1, -0.05) is 65.7 Å². The van der Waals surface area contributed by atoms with Crippen LogP contribution in [0.4, 0.5) is 10.5 Å². The van der Waals surface area contributed by atoms with E-state index in [0.29, 0.717) is 22.2 Å². The van der Waals surface area contributed by atoms with Gasteiger partial charge < -0.3 is 9.73 Å². The third-order valence-electron chi connectivity index (χ3n) is 5.59. The second kappa shape index (κ2) is 7.69. The fraction of sp³-hybridized carbons (Fsp3) is 0.120. The molecule has 0 radical (unpaired) electrons.